The van der Waals surface area contributed by atoms with Gasteiger partial charge in [0.05, 0.1) is 24.9 Å². The first-order valence-electron chi connectivity index (χ1n) is 14.7. The van der Waals surface area contributed by atoms with Crippen molar-refractivity contribution in [3.05, 3.63) is 0 Å². The van der Waals surface area contributed by atoms with Gasteiger partial charge in [-0.05, 0) is 38.5 Å². The molecule has 3 saturated heterocycles. The molecular formula is C27H46O14. The number of aliphatic hydroxyl groups is 6. The second-order valence-electron chi connectivity index (χ2n) is 11.6. The number of carboxylic acids is 1. The van der Waals surface area contributed by atoms with E-state index in [0.29, 0.717) is 25.7 Å². The van der Waals surface area contributed by atoms with Crippen LogP contribution in [-0.2, 0) is 33.2 Å². The van der Waals surface area contributed by atoms with Gasteiger partial charge >= 0.3 is 5.97 Å². The largest absolute Gasteiger partial charge is 0.479 e. The average Bonchev–Trinajstić information content (AvgIpc) is 3.06. The van der Waals surface area contributed by atoms with Crippen LogP contribution < -0.4 is 0 Å². The molecule has 0 aromatic rings. The highest BCUT2D eigenvalue weighted by molar-refractivity contribution is 5.72. The first-order chi connectivity index (χ1) is 19.6. The number of fused-ring (bicyclic) bond motifs is 1. The van der Waals surface area contributed by atoms with Crippen LogP contribution in [0.15, 0.2) is 0 Å². The molecule has 14 nitrogen and oxygen atoms in total. The summed E-state index contributed by atoms with van der Waals surface area (Å²) in [6, 6.07) is 0. The zero-order valence-electron chi connectivity index (χ0n) is 23.5. The molecule has 15 atom stereocenters. The van der Waals surface area contributed by atoms with Crippen LogP contribution in [-0.4, -0.2) is 141 Å². The van der Waals surface area contributed by atoms with E-state index in [2.05, 4.69) is 0 Å². The Bertz CT molecular complexity index is 832. The fraction of sp³-hybridized carbons (Fsp3) is 0.963. The van der Waals surface area contributed by atoms with Crippen molar-refractivity contribution in [2.75, 3.05) is 19.8 Å². The van der Waals surface area contributed by atoms with Gasteiger partial charge in [-0.1, -0.05) is 19.8 Å². The summed E-state index contributed by atoms with van der Waals surface area (Å²) in [4.78, 5) is 12.1. The lowest BCUT2D eigenvalue weighted by Gasteiger charge is -2.48. The molecule has 3 heterocycles. The van der Waals surface area contributed by atoms with Crippen LogP contribution in [0, 0.1) is 11.8 Å². The average molecular weight is 595 g/mol. The molecule has 0 spiro atoms. The summed E-state index contributed by atoms with van der Waals surface area (Å²) in [6.45, 7) is 2.70. The van der Waals surface area contributed by atoms with Gasteiger partial charge in [0.15, 0.2) is 18.7 Å². The Morgan fingerprint density at radius 1 is 0.805 bits per heavy atom. The van der Waals surface area contributed by atoms with Crippen LogP contribution >= 0.6 is 0 Å². The van der Waals surface area contributed by atoms with Crippen LogP contribution in [0.3, 0.4) is 0 Å². The number of hydrogen-bond acceptors (Lipinski definition) is 13. The van der Waals surface area contributed by atoms with E-state index in [1.807, 2.05) is 6.92 Å². The second kappa shape index (κ2) is 14.6. The van der Waals surface area contributed by atoms with E-state index in [1.54, 1.807) is 6.92 Å². The molecule has 1 saturated carbocycles. The molecule has 238 valence electrons. The highest BCUT2D eigenvalue weighted by Crippen LogP contribution is 2.38. The highest BCUT2D eigenvalue weighted by atomic mass is 16.7. The third-order valence-electron chi connectivity index (χ3n) is 8.87. The highest BCUT2D eigenvalue weighted by Gasteiger charge is 2.52. The molecule has 4 fully saturated rings. The predicted octanol–water partition coefficient (Wildman–Crippen LogP) is -1.50. The summed E-state index contributed by atoms with van der Waals surface area (Å²) >= 11 is 0. The number of carboxylic acid groups (broad SMARTS) is 1. The molecule has 1 aliphatic carbocycles. The minimum Gasteiger partial charge on any atom is -0.479 e. The predicted molar refractivity (Wildman–Crippen MR) is 137 cm³/mol. The van der Waals surface area contributed by atoms with Crippen LogP contribution in [0.1, 0.15) is 52.4 Å². The lowest BCUT2D eigenvalue weighted by atomic mass is 9.82. The lowest BCUT2D eigenvalue weighted by molar-refractivity contribution is -0.353. The van der Waals surface area contributed by atoms with Crippen LogP contribution in [0.5, 0.6) is 0 Å². The fourth-order valence-corrected chi connectivity index (χ4v) is 6.37. The lowest BCUT2D eigenvalue weighted by Crippen LogP contribution is -2.63. The molecular weight excluding hydrogens is 548 g/mol. The maximum Gasteiger partial charge on any atom is 0.333 e. The molecule has 4 aliphatic rings. The fourth-order valence-electron chi connectivity index (χ4n) is 6.37. The minimum atomic E-state index is -1.50. The summed E-state index contributed by atoms with van der Waals surface area (Å²) in [5, 5.41) is 71.6. The summed E-state index contributed by atoms with van der Waals surface area (Å²) in [6.07, 6.45) is -11.4. The van der Waals surface area contributed by atoms with E-state index in [0.717, 1.165) is 12.8 Å². The molecule has 0 amide bonds. The van der Waals surface area contributed by atoms with Crippen molar-refractivity contribution in [1.29, 1.82) is 0 Å². The molecule has 4 rings (SSSR count). The molecule has 3 aliphatic heterocycles. The van der Waals surface area contributed by atoms with Crippen LogP contribution in [0.2, 0.25) is 0 Å². The van der Waals surface area contributed by atoms with Crippen molar-refractivity contribution in [2.45, 2.75) is 132 Å². The van der Waals surface area contributed by atoms with E-state index >= 15 is 0 Å². The molecule has 15 unspecified atom stereocenters. The monoisotopic (exact) mass is 594 g/mol. The summed E-state index contributed by atoms with van der Waals surface area (Å²) in [5.41, 5.74) is 0. The molecule has 0 aromatic carbocycles. The Kier molecular flexibility index (Phi) is 11.7. The van der Waals surface area contributed by atoms with Crippen molar-refractivity contribution in [1.82, 2.24) is 0 Å². The molecule has 0 aromatic heterocycles. The van der Waals surface area contributed by atoms with Crippen molar-refractivity contribution < 1.29 is 69.0 Å². The van der Waals surface area contributed by atoms with E-state index < -0.39 is 105 Å². The van der Waals surface area contributed by atoms with Gasteiger partial charge in [-0.15, -0.1) is 0 Å². The number of aliphatic carboxylic acids is 1. The summed E-state index contributed by atoms with van der Waals surface area (Å²) in [5.74, 6) is -2.03. The quantitative estimate of drug-likeness (QED) is 0.170. The smallest absolute Gasteiger partial charge is 0.333 e. The first kappa shape index (κ1) is 32.9. The number of ether oxygens (including phenoxy) is 6. The third kappa shape index (κ3) is 7.21. The zero-order valence-corrected chi connectivity index (χ0v) is 23.5. The molecule has 7 N–H and O–H groups in total. The van der Waals surface area contributed by atoms with E-state index in [1.165, 1.54) is 0 Å². The van der Waals surface area contributed by atoms with Crippen LogP contribution in [0.4, 0.5) is 0 Å². The molecule has 41 heavy (non-hydrogen) atoms. The summed E-state index contributed by atoms with van der Waals surface area (Å²) < 4.78 is 36.3. The van der Waals surface area contributed by atoms with Gasteiger partial charge in [-0.3, -0.25) is 0 Å². The molecule has 0 bridgehead atoms. The standard InChI is InChI=1S/C27H46O14/c1-3-13-6-4-8-15(21(13)41-26-20(33)19(32)17(30)12(2)37-26)38-27-24-23(18(31)16(11-29)39-27)40-22(25(34)35)14(10-28)7-5-9-36-24/h12-24,26-33H,3-11H2,1-2H3,(H,34,35). The van der Waals surface area contributed by atoms with Crippen molar-refractivity contribution in [2.24, 2.45) is 11.8 Å². The molecule has 0 radical (unpaired) electrons. The van der Waals surface area contributed by atoms with Crippen molar-refractivity contribution in [3.63, 3.8) is 0 Å². The summed E-state index contributed by atoms with van der Waals surface area (Å²) in [7, 11) is 0. The number of hydrogen-bond donors (Lipinski definition) is 7. The van der Waals surface area contributed by atoms with Gasteiger partial charge in [-0.2, -0.15) is 0 Å². The molecule has 14 heteroatoms. The maximum absolute atomic E-state index is 12.1. The van der Waals surface area contributed by atoms with Gasteiger partial charge in [0.25, 0.3) is 0 Å². The Hall–Kier alpha value is -1.01. The van der Waals surface area contributed by atoms with Gasteiger partial charge < -0.3 is 64.2 Å². The van der Waals surface area contributed by atoms with Gasteiger partial charge in [0, 0.05) is 19.1 Å². The van der Waals surface area contributed by atoms with Gasteiger partial charge in [0.1, 0.15) is 42.7 Å². The van der Waals surface area contributed by atoms with E-state index in [-0.39, 0.29) is 12.5 Å². The first-order valence-corrected chi connectivity index (χ1v) is 14.7. The van der Waals surface area contributed by atoms with Crippen molar-refractivity contribution >= 4 is 5.97 Å². The number of aliphatic hydroxyl groups excluding tert-OH is 6. The van der Waals surface area contributed by atoms with Gasteiger partial charge in [-0.25, -0.2) is 4.79 Å². The number of rotatable bonds is 8. The second-order valence-corrected chi connectivity index (χ2v) is 11.6. The van der Waals surface area contributed by atoms with Gasteiger partial charge in [0.2, 0.25) is 0 Å². The minimum absolute atomic E-state index is 0.0122. The zero-order chi connectivity index (χ0) is 29.8. The Balaban J connectivity index is 1.58. The Morgan fingerprint density at radius 2 is 1.54 bits per heavy atom. The van der Waals surface area contributed by atoms with E-state index in [4.69, 9.17) is 28.4 Å². The Morgan fingerprint density at radius 3 is 2.20 bits per heavy atom. The normalized spacial score (nSPS) is 48.0. The SMILES string of the molecule is CCC1CCCC(OC2OC(CO)C(O)C3OC(C(=O)O)C(CO)CCCOC23)C1OC1OC(C)C(O)C(O)C1O. The van der Waals surface area contributed by atoms with Crippen LogP contribution in [0.25, 0.3) is 0 Å². The van der Waals surface area contributed by atoms with Crippen molar-refractivity contribution in [3.8, 4) is 0 Å². The number of carbonyl (C=O) groups is 1. The Labute approximate surface area is 239 Å². The van der Waals surface area contributed by atoms with E-state index in [9.17, 15) is 40.5 Å². The topological polar surface area (TPSA) is 214 Å². The third-order valence-corrected chi connectivity index (χ3v) is 8.87. The maximum atomic E-state index is 12.1.